The van der Waals surface area contributed by atoms with Crippen LogP contribution in [-0.4, -0.2) is 37.9 Å². The smallest absolute Gasteiger partial charge is 0.338 e. The molecule has 0 bridgehead atoms. The van der Waals surface area contributed by atoms with Crippen molar-refractivity contribution in [2.45, 2.75) is 13.3 Å². The van der Waals surface area contributed by atoms with E-state index < -0.39 is 5.97 Å². The molecule has 1 N–H and O–H groups in total. The number of hydrogen-bond acceptors (Lipinski definition) is 5. The fourth-order valence-corrected chi connectivity index (χ4v) is 2.11. The summed E-state index contributed by atoms with van der Waals surface area (Å²) in [6.07, 6.45) is -0.0905. The van der Waals surface area contributed by atoms with Crippen molar-refractivity contribution >= 4 is 29.0 Å². The number of nitrogens with one attached hydrogen (secondary N) is 1. The molecule has 0 atom stereocenters. The third-order valence-electron chi connectivity index (χ3n) is 3.05. The van der Waals surface area contributed by atoms with Crippen molar-refractivity contribution in [3.05, 3.63) is 23.8 Å². The number of nitrogens with zero attached hydrogens (tertiary/aromatic N) is 1. The highest BCUT2D eigenvalue weighted by atomic mass is 16.5. The minimum Gasteiger partial charge on any atom is -0.462 e. The Morgan fingerprint density at radius 3 is 2.70 bits per heavy atom. The van der Waals surface area contributed by atoms with Crippen LogP contribution < -0.4 is 10.2 Å². The number of anilines is 2. The van der Waals surface area contributed by atoms with E-state index in [4.69, 9.17) is 4.74 Å². The molecule has 0 unspecified atom stereocenters. The highest BCUT2D eigenvalue weighted by Crippen LogP contribution is 2.30. The van der Waals surface area contributed by atoms with Crippen LogP contribution in [0.4, 0.5) is 11.4 Å². The first-order valence-corrected chi connectivity index (χ1v) is 6.37. The molecule has 1 fully saturated rings. The molecule has 1 aliphatic rings. The quantitative estimate of drug-likeness (QED) is 0.661. The number of hydrogen-bond donors (Lipinski definition) is 1. The Morgan fingerprint density at radius 2 is 2.15 bits per heavy atom. The topological polar surface area (TPSA) is 75.7 Å². The number of rotatable bonds is 4. The highest BCUT2D eigenvalue weighted by Gasteiger charge is 2.30. The largest absolute Gasteiger partial charge is 0.462 e. The lowest BCUT2D eigenvalue weighted by Gasteiger charge is -2.19. The molecular weight excluding hydrogens is 260 g/mol. The van der Waals surface area contributed by atoms with Crippen molar-refractivity contribution < 1.29 is 19.1 Å². The minimum absolute atomic E-state index is 0.0415. The van der Waals surface area contributed by atoms with E-state index in [1.807, 2.05) is 0 Å². The average Bonchev–Trinajstić information content (AvgIpc) is 2.77. The summed E-state index contributed by atoms with van der Waals surface area (Å²) in [6, 6.07) is 4.88. The zero-order valence-electron chi connectivity index (χ0n) is 11.4. The van der Waals surface area contributed by atoms with E-state index in [1.165, 1.54) is 4.90 Å². The molecule has 0 spiro atoms. The average molecular weight is 276 g/mol. The maximum absolute atomic E-state index is 11.8. The summed E-state index contributed by atoms with van der Waals surface area (Å²) in [6.45, 7) is 2.05. The normalized spacial score (nSPS) is 14.6. The van der Waals surface area contributed by atoms with Crippen LogP contribution in [-0.2, 0) is 14.3 Å². The third-order valence-corrected chi connectivity index (χ3v) is 3.05. The van der Waals surface area contributed by atoms with Gasteiger partial charge in [-0.3, -0.25) is 9.59 Å². The Labute approximate surface area is 116 Å². The summed E-state index contributed by atoms with van der Waals surface area (Å²) in [5, 5.41) is 2.95. The van der Waals surface area contributed by atoms with Gasteiger partial charge in [-0.1, -0.05) is 0 Å². The first-order chi connectivity index (χ1) is 9.56. The number of amides is 1. The van der Waals surface area contributed by atoms with Gasteiger partial charge in [-0.15, -0.1) is 0 Å². The second-order valence-electron chi connectivity index (χ2n) is 4.40. The summed E-state index contributed by atoms with van der Waals surface area (Å²) in [7, 11) is 1.71. The van der Waals surface area contributed by atoms with Crippen molar-refractivity contribution in [3.63, 3.8) is 0 Å². The molecule has 6 heteroatoms. The molecule has 106 valence electrons. The van der Waals surface area contributed by atoms with Crippen LogP contribution in [0.3, 0.4) is 0 Å². The lowest BCUT2D eigenvalue weighted by molar-refractivity contribution is -0.121. The van der Waals surface area contributed by atoms with Crippen molar-refractivity contribution in [1.29, 1.82) is 0 Å². The van der Waals surface area contributed by atoms with Gasteiger partial charge in [0.2, 0.25) is 5.91 Å². The van der Waals surface area contributed by atoms with Gasteiger partial charge in [-0.25, -0.2) is 4.79 Å². The van der Waals surface area contributed by atoms with Crippen LogP contribution in [0.15, 0.2) is 18.2 Å². The third kappa shape index (κ3) is 2.64. The number of ether oxygens (including phenoxy) is 1. The van der Waals surface area contributed by atoms with Crippen LogP contribution in [0, 0.1) is 0 Å². The second kappa shape index (κ2) is 5.73. The van der Waals surface area contributed by atoms with E-state index in [-0.39, 0.29) is 31.3 Å². The molecule has 0 aromatic heterocycles. The van der Waals surface area contributed by atoms with Crippen LogP contribution in [0.1, 0.15) is 23.7 Å². The Morgan fingerprint density at radius 1 is 1.40 bits per heavy atom. The number of benzene rings is 1. The standard InChI is InChI=1S/C14H16N2O4/c1-3-20-14(19)9-4-5-11(15-2)12(6-9)16-8-10(17)7-13(16)18/h4-6,15H,3,7-8H2,1-2H3. The molecule has 1 saturated heterocycles. The van der Waals surface area contributed by atoms with Gasteiger partial charge in [-0.05, 0) is 25.1 Å². The summed E-state index contributed by atoms with van der Waals surface area (Å²) < 4.78 is 4.94. The van der Waals surface area contributed by atoms with E-state index in [2.05, 4.69) is 5.32 Å². The van der Waals surface area contributed by atoms with Gasteiger partial charge in [0.25, 0.3) is 0 Å². The van der Waals surface area contributed by atoms with Crippen LogP contribution >= 0.6 is 0 Å². The molecular formula is C14H16N2O4. The summed E-state index contributed by atoms with van der Waals surface area (Å²) >= 11 is 0. The fraction of sp³-hybridized carbons (Fsp3) is 0.357. The van der Waals surface area contributed by atoms with E-state index in [0.717, 1.165) is 0 Å². The van der Waals surface area contributed by atoms with Gasteiger partial charge in [0, 0.05) is 7.05 Å². The Hall–Kier alpha value is -2.37. The van der Waals surface area contributed by atoms with E-state index in [9.17, 15) is 14.4 Å². The number of carbonyl (C=O) groups excluding carboxylic acids is 3. The number of Topliss-reactive ketones (excluding diaryl/α,β-unsaturated/α-hetero) is 1. The monoisotopic (exact) mass is 276 g/mol. The maximum atomic E-state index is 11.8. The van der Waals surface area contributed by atoms with Crippen LogP contribution in [0.25, 0.3) is 0 Å². The summed E-state index contributed by atoms with van der Waals surface area (Å²) in [5.41, 5.74) is 1.56. The van der Waals surface area contributed by atoms with Gasteiger partial charge in [0.1, 0.15) is 0 Å². The minimum atomic E-state index is -0.450. The van der Waals surface area contributed by atoms with E-state index in [0.29, 0.717) is 16.9 Å². The van der Waals surface area contributed by atoms with Gasteiger partial charge in [0.05, 0.1) is 36.5 Å². The van der Waals surface area contributed by atoms with E-state index >= 15 is 0 Å². The molecule has 1 aromatic rings. The molecule has 2 rings (SSSR count). The lowest BCUT2D eigenvalue weighted by Crippen LogP contribution is -2.25. The number of esters is 1. The van der Waals surface area contributed by atoms with Crippen LogP contribution in [0.5, 0.6) is 0 Å². The molecule has 6 nitrogen and oxygen atoms in total. The van der Waals surface area contributed by atoms with Crippen molar-refractivity contribution in [3.8, 4) is 0 Å². The van der Waals surface area contributed by atoms with Gasteiger partial charge >= 0.3 is 5.97 Å². The van der Waals surface area contributed by atoms with Gasteiger partial charge in [0.15, 0.2) is 5.78 Å². The Bertz CT molecular complexity index is 568. The second-order valence-corrected chi connectivity index (χ2v) is 4.40. The van der Waals surface area contributed by atoms with Crippen LogP contribution in [0.2, 0.25) is 0 Å². The molecule has 1 amide bonds. The van der Waals surface area contributed by atoms with E-state index in [1.54, 1.807) is 32.2 Å². The molecule has 1 heterocycles. The molecule has 0 aliphatic carbocycles. The predicted octanol–water partition coefficient (Wildman–Crippen LogP) is 1.21. The fourth-order valence-electron chi connectivity index (χ4n) is 2.11. The first-order valence-electron chi connectivity index (χ1n) is 6.37. The summed E-state index contributed by atoms with van der Waals surface area (Å²) in [5.74, 6) is -0.833. The molecule has 20 heavy (non-hydrogen) atoms. The Balaban J connectivity index is 2.39. The van der Waals surface area contributed by atoms with Gasteiger partial charge in [-0.2, -0.15) is 0 Å². The van der Waals surface area contributed by atoms with Gasteiger partial charge < -0.3 is 15.0 Å². The SMILES string of the molecule is CCOC(=O)c1ccc(NC)c(N2CC(=O)CC2=O)c1. The lowest BCUT2D eigenvalue weighted by atomic mass is 10.1. The molecule has 1 aliphatic heterocycles. The molecule has 0 radical (unpaired) electrons. The predicted molar refractivity (Wildman–Crippen MR) is 73.9 cm³/mol. The maximum Gasteiger partial charge on any atom is 0.338 e. The molecule has 0 saturated carbocycles. The zero-order valence-corrected chi connectivity index (χ0v) is 11.4. The van der Waals surface area contributed by atoms with Crippen molar-refractivity contribution in [1.82, 2.24) is 0 Å². The van der Waals surface area contributed by atoms with Crippen molar-refractivity contribution in [2.75, 3.05) is 30.4 Å². The highest BCUT2D eigenvalue weighted by molar-refractivity contribution is 6.16. The first kappa shape index (κ1) is 14.0. The Kier molecular flexibility index (Phi) is 4.02. The molecule has 1 aromatic carbocycles. The summed E-state index contributed by atoms with van der Waals surface area (Å²) in [4.78, 5) is 36.3. The zero-order chi connectivity index (χ0) is 14.7. The van der Waals surface area contributed by atoms with Crippen molar-refractivity contribution in [2.24, 2.45) is 0 Å². The number of carbonyl (C=O) groups is 3. The number of ketones is 1.